The van der Waals surface area contributed by atoms with Crippen LogP contribution in [0.4, 0.5) is 13.2 Å². The van der Waals surface area contributed by atoms with Gasteiger partial charge in [-0.3, -0.25) is 9.69 Å². The molecule has 2 bridgehead atoms. The number of aromatic hydroxyl groups is 1. The summed E-state index contributed by atoms with van der Waals surface area (Å²) >= 11 is 0. The molecular formula is C31H33F3N2O4. The number of benzene rings is 2. The van der Waals surface area contributed by atoms with Crippen LogP contribution in [0.25, 0.3) is 6.08 Å². The van der Waals surface area contributed by atoms with Crippen LogP contribution in [-0.2, 0) is 22.8 Å². The van der Waals surface area contributed by atoms with Crippen LogP contribution in [0.5, 0.6) is 11.5 Å². The van der Waals surface area contributed by atoms with Crippen LogP contribution in [-0.4, -0.2) is 69.8 Å². The topological polar surface area (TPSA) is 73.2 Å². The van der Waals surface area contributed by atoms with E-state index in [9.17, 15) is 28.2 Å². The zero-order chi connectivity index (χ0) is 28.0. The van der Waals surface area contributed by atoms with E-state index in [0.29, 0.717) is 37.4 Å². The Kier molecular flexibility index (Phi) is 5.65. The van der Waals surface area contributed by atoms with Gasteiger partial charge in [-0.05, 0) is 86.4 Å². The fraction of sp³-hybridized carbons (Fsp3) is 0.516. The Hall–Kier alpha value is -3.04. The molecule has 1 spiro atoms. The number of rotatable bonds is 5. The summed E-state index contributed by atoms with van der Waals surface area (Å²) in [4.78, 5) is 17.4. The summed E-state index contributed by atoms with van der Waals surface area (Å²) in [6.07, 6.45) is 2.51. The van der Waals surface area contributed by atoms with Gasteiger partial charge in [0.2, 0.25) is 5.91 Å². The van der Waals surface area contributed by atoms with E-state index in [1.165, 1.54) is 37.1 Å². The van der Waals surface area contributed by atoms with E-state index >= 15 is 0 Å². The van der Waals surface area contributed by atoms with E-state index in [4.69, 9.17) is 4.74 Å². The predicted octanol–water partition coefficient (Wildman–Crippen LogP) is 4.52. The highest BCUT2D eigenvalue weighted by atomic mass is 19.4. The minimum absolute atomic E-state index is 0.0425. The minimum Gasteiger partial charge on any atom is -0.504 e. The average molecular weight is 555 g/mol. The number of alkyl halides is 3. The Labute approximate surface area is 231 Å². The molecule has 5 aliphatic rings. The number of phenols is 1. The zero-order valence-electron chi connectivity index (χ0n) is 22.3. The number of halogens is 3. The molecular weight excluding hydrogens is 521 g/mol. The Morgan fingerprint density at radius 2 is 2.00 bits per heavy atom. The van der Waals surface area contributed by atoms with E-state index in [-0.39, 0.29) is 29.3 Å². The Morgan fingerprint density at radius 3 is 2.75 bits per heavy atom. The van der Waals surface area contributed by atoms with Crippen molar-refractivity contribution in [1.29, 1.82) is 0 Å². The first-order valence-corrected chi connectivity index (χ1v) is 14.1. The summed E-state index contributed by atoms with van der Waals surface area (Å²) in [5.74, 6) is 0.795. The van der Waals surface area contributed by atoms with Gasteiger partial charge in [0.15, 0.2) is 11.5 Å². The van der Waals surface area contributed by atoms with Crippen LogP contribution in [0.15, 0.2) is 42.5 Å². The van der Waals surface area contributed by atoms with E-state index in [1.54, 1.807) is 18.0 Å². The molecule has 3 aliphatic carbocycles. The molecule has 1 amide bonds. The van der Waals surface area contributed by atoms with Gasteiger partial charge in [0, 0.05) is 31.3 Å². The molecule has 2 aromatic rings. The average Bonchev–Trinajstić information content (AvgIpc) is 3.66. The van der Waals surface area contributed by atoms with Crippen molar-refractivity contribution >= 4 is 12.0 Å². The van der Waals surface area contributed by atoms with Crippen LogP contribution in [0.2, 0.25) is 0 Å². The van der Waals surface area contributed by atoms with Crippen molar-refractivity contribution in [1.82, 2.24) is 9.80 Å². The van der Waals surface area contributed by atoms with Crippen LogP contribution in [0, 0.1) is 5.92 Å². The zero-order valence-corrected chi connectivity index (χ0v) is 22.3. The number of hydrogen-bond acceptors (Lipinski definition) is 5. The first kappa shape index (κ1) is 25.9. The lowest BCUT2D eigenvalue weighted by molar-refractivity contribution is -0.200. The molecule has 0 radical (unpaired) electrons. The second-order valence-electron chi connectivity index (χ2n) is 12.3. The standard InChI is InChI=1S/C31H33F3N2O4/c1-35(25(38)10-7-18-3-2-4-21(15-18)31(32,33)34)22-11-12-30(39)24-16-20-8-9-23(37)27-26(20)29(30,28(22)40-27)13-14-36(24)17-19-5-6-19/h2-4,7-10,15,19,22,24,28,37,39H,5-6,11-14,16-17H2,1H3/t22-,24-,28+,29+,30-/m1/s1. The molecule has 40 heavy (non-hydrogen) atoms. The maximum absolute atomic E-state index is 13.4. The normalized spacial score (nSPS) is 32.6. The molecule has 212 valence electrons. The molecule has 0 unspecified atom stereocenters. The molecule has 6 nitrogen and oxygen atoms in total. The molecule has 2 heterocycles. The highest BCUT2D eigenvalue weighted by Gasteiger charge is 2.73. The van der Waals surface area contributed by atoms with Gasteiger partial charge < -0.3 is 19.8 Å². The highest BCUT2D eigenvalue weighted by Crippen LogP contribution is 2.66. The largest absolute Gasteiger partial charge is 0.504 e. The van der Waals surface area contributed by atoms with Crippen LogP contribution in [0.1, 0.15) is 54.4 Å². The third-order valence-electron chi connectivity index (χ3n) is 10.2. The number of carbonyl (C=O) groups is 1. The molecule has 2 saturated carbocycles. The smallest absolute Gasteiger partial charge is 0.416 e. The Bertz CT molecular complexity index is 1410. The number of likely N-dealkylation sites (tertiary alicyclic amines) is 1. The lowest BCUT2D eigenvalue weighted by atomic mass is 9.48. The maximum Gasteiger partial charge on any atom is 0.416 e. The van der Waals surface area contributed by atoms with Gasteiger partial charge in [0.05, 0.1) is 22.6 Å². The first-order valence-electron chi connectivity index (χ1n) is 14.1. The molecule has 5 atom stereocenters. The number of amides is 1. The number of phenolic OH excluding ortho intramolecular Hbond substituents is 1. The number of hydrogen-bond donors (Lipinski definition) is 2. The number of ether oxygens (including phenoxy) is 1. The molecule has 2 N–H and O–H groups in total. The van der Waals surface area contributed by atoms with Crippen molar-refractivity contribution < 1.29 is 32.9 Å². The number of likely N-dealkylation sites (N-methyl/N-ethyl adjacent to an activating group) is 1. The summed E-state index contributed by atoms with van der Waals surface area (Å²) < 4.78 is 45.9. The van der Waals surface area contributed by atoms with Gasteiger partial charge in [-0.15, -0.1) is 0 Å². The lowest BCUT2D eigenvalue weighted by Crippen LogP contribution is -2.78. The minimum atomic E-state index is -4.46. The van der Waals surface area contributed by atoms with E-state index in [1.807, 2.05) is 6.07 Å². The van der Waals surface area contributed by atoms with Crippen molar-refractivity contribution in [3.8, 4) is 11.5 Å². The monoisotopic (exact) mass is 554 g/mol. The molecule has 1 saturated heterocycles. The van der Waals surface area contributed by atoms with Crippen LogP contribution in [0.3, 0.4) is 0 Å². The number of piperidine rings is 1. The van der Waals surface area contributed by atoms with Crippen molar-refractivity contribution in [2.75, 3.05) is 20.1 Å². The van der Waals surface area contributed by atoms with Crippen molar-refractivity contribution in [2.24, 2.45) is 5.92 Å². The van der Waals surface area contributed by atoms with Gasteiger partial charge in [0.25, 0.3) is 0 Å². The molecule has 2 aromatic carbocycles. The summed E-state index contributed by atoms with van der Waals surface area (Å²) in [6.45, 7) is 1.80. The summed E-state index contributed by atoms with van der Waals surface area (Å²) in [5.41, 5.74) is -0.303. The fourth-order valence-corrected chi connectivity index (χ4v) is 8.12. The predicted molar refractivity (Wildman–Crippen MR) is 142 cm³/mol. The number of carbonyl (C=O) groups excluding carboxylic acids is 1. The van der Waals surface area contributed by atoms with E-state index < -0.39 is 28.9 Å². The number of aliphatic hydroxyl groups is 1. The Balaban J connectivity index is 1.21. The first-order chi connectivity index (χ1) is 19.0. The van der Waals surface area contributed by atoms with Crippen molar-refractivity contribution in [3.05, 3.63) is 64.7 Å². The maximum atomic E-state index is 13.4. The molecule has 7 rings (SSSR count). The van der Waals surface area contributed by atoms with Crippen molar-refractivity contribution in [2.45, 2.75) is 73.9 Å². The fourth-order valence-electron chi connectivity index (χ4n) is 8.12. The van der Waals surface area contributed by atoms with E-state index in [2.05, 4.69) is 4.90 Å². The third kappa shape index (κ3) is 3.66. The van der Waals surface area contributed by atoms with Crippen molar-refractivity contribution in [3.63, 3.8) is 0 Å². The summed E-state index contributed by atoms with van der Waals surface area (Å²) in [5, 5.41) is 23.4. The van der Waals surface area contributed by atoms with Gasteiger partial charge in [0.1, 0.15) is 6.10 Å². The molecule has 9 heteroatoms. The third-order valence-corrected chi connectivity index (χ3v) is 10.2. The summed E-state index contributed by atoms with van der Waals surface area (Å²) in [7, 11) is 1.68. The highest BCUT2D eigenvalue weighted by molar-refractivity contribution is 5.92. The van der Waals surface area contributed by atoms with Gasteiger partial charge >= 0.3 is 6.18 Å². The second kappa shape index (κ2) is 8.73. The van der Waals surface area contributed by atoms with Gasteiger partial charge in [-0.1, -0.05) is 18.2 Å². The van der Waals surface area contributed by atoms with Gasteiger partial charge in [-0.2, -0.15) is 13.2 Å². The Morgan fingerprint density at radius 1 is 1.20 bits per heavy atom. The SMILES string of the molecule is CN(C(=O)C=Cc1cccc(C(F)(F)F)c1)[C@@H]1CC[C@@]2(O)[C@H]3Cc4ccc(O)c5c4[C@@]2(CCN3CC2CC2)[C@H]1O5. The van der Waals surface area contributed by atoms with Crippen LogP contribution >= 0.6 is 0 Å². The quantitative estimate of drug-likeness (QED) is 0.532. The van der Waals surface area contributed by atoms with E-state index in [0.717, 1.165) is 36.3 Å². The molecule has 2 aliphatic heterocycles. The lowest BCUT2D eigenvalue weighted by Gasteiger charge is -2.64. The number of nitrogens with zero attached hydrogens (tertiary/aromatic N) is 2. The summed E-state index contributed by atoms with van der Waals surface area (Å²) in [6, 6.07) is 8.03. The van der Waals surface area contributed by atoms with Gasteiger partial charge in [-0.25, -0.2) is 0 Å². The molecule has 0 aromatic heterocycles. The molecule has 3 fully saturated rings. The van der Waals surface area contributed by atoms with Crippen LogP contribution < -0.4 is 4.74 Å². The second-order valence-corrected chi connectivity index (χ2v) is 12.3.